The first-order valence-electron chi connectivity index (χ1n) is 5.98. The number of aromatic nitrogens is 2. The Hall–Kier alpha value is -1.12. The summed E-state index contributed by atoms with van der Waals surface area (Å²) in [6.45, 7) is 8.65. The maximum Gasteiger partial charge on any atom is 0.235 e. The summed E-state index contributed by atoms with van der Waals surface area (Å²) in [5, 5.41) is 0. The topological polar surface area (TPSA) is 35.0 Å². The largest absolute Gasteiger partial charge is 0.480 e. The summed E-state index contributed by atoms with van der Waals surface area (Å²) in [5.41, 5.74) is 1.98. The van der Waals surface area contributed by atoms with Crippen molar-refractivity contribution in [2.24, 2.45) is 5.92 Å². The first-order chi connectivity index (χ1) is 7.58. The highest BCUT2D eigenvalue weighted by molar-refractivity contribution is 5.22. The highest BCUT2D eigenvalue weighted by Gasteiger charge is 2.12. The highest BCUT2D eigenvalue weighted by atomic mass is 16.5. The van der Waals surface area contributed by atoms with Crippen LogP contribution in [0.15, 0.2) is 6.20 Å². The summed E-state index contributed by atoms with van der Waals surface area (Å²) in [7, 11) is 1.66. The zero-order valence-electron chi connectivity index (χ0n) is 10.9. The quantitative estimate of drug-likeness (QED) is 0.767. The van der Waals surface area contributed by atoms with Gasteiger partial charge in [-0.15, -0.1) is 0 Å². The Balaban J connectivity index is 2.97. The summed E-state index contributed by atoms with van der Waals surface area (Å²) in [6, 6.07) is 0. The zero-order chi connectivity index (χ0) is 12.1. The lowest BCUT2D eigenvalue weighted by atomic mass is 10.0. The molecule has 0 spiro atoms. The molecular formula is C13H22N2O. The van der Waals surface area contributed by atoms with Crippen LogP contribution in [0.25, 0.3) is 0 Å². The fraction of sp³-hybridized carbons (Fsp3) is 0.692. The van der Waals surface area contributed by atoms with Gasteiger partial charge in [0.2, 0.25) is 5.88 Å². The van der Waals surface area contributed by atoms with Gasteiger partial charge in [0.25, 0.3) is 0 Å². The maximum absolute atomic E-state index is 5.31. The molecule has 1 rings (SSSR count). The maximum atomic E-state index is 5.31. The second-order valence-electron chi connectivity index (χ2n) is 4.66. The van der Waals surface area contributed by atoms with Gasteiger partial charge in [0, 0.05) is 6.20 Å². The molecule has 16 heavy (non-hydrogen) atoms. The van der Waals surface area contributed by atoms with Gasteiger partial charge in [0.05, 0.1) is 12.8 Å². The molecule has 0 aliphatic heterocycles. The molecule has 3 nitrogen and oxygen atoms in total. The van der Waals surface area contributed by atoms with E-state index in [0.29, 0.717) is 17.7 Å². The summed E-state index contributed by atoms with van der Waals surface area (Å²) in [6.07, 6.45) is 3.87. The Morgan fingerprint density at radius 1 is 1.31 bits per heavy atom. The number of hydrogen-bond acceptors (Lipinski definition) is 3. The zero-order valence-corrected chi connectivity index (χ0v) is 10.9. The van der Waals surface area contributed by atoms with Gasteiger partial charge >= 0.3 is 0 Å². The number of ether oxygens (including phenoxy) is 1. The fourth-order valence-electron chi connectivity index (χ4n) is 1.55. The molecule has 0 aromatic carbocycles. The molecule has 90 valence electrons. The van der Waals surface area contributed by atoms with Crippen LogP contribution in [0.3, 0.4) is 0 Å². The van der Waals surface area contributed by atoms with Crippen molar-refractivity contribution in [1.29, 1.82) is 0 Å². The Kier molecular flexibility index (Phi) is 4.71. The molecule has 0 fully saturated rings. The van der Waals surface area contributed by atoms with Gasteiger partial charge in [-0.2, -0.15) is 0 Å². The lowest BCUT2D eigenvalue weighted by Crippen LogP contribution is -2.06. The Morgan fingerprint density at radius 3 is 2.50 bits per heavy atom. The van der Waals surface area contributed by atoms with Crippen LogP contribution in [-0.4, -0.2) is 17.1 Å². The van der Waals surface area contributed by atoms with Gasteiger partial charge in [0.1, 0.15) is 5.69 Å². The van der Waals surface area contributed by atoms with E-state index in [1.165, 1.54) is 0 Å². The standard InChI is InChI=1S/C13H22N2O/c1-6-10(4)12-8-14-11(7-9(2)3)13(15-12)16-5/h8-10H,6-7H2,1-5H3. The number of nitrogens with zero attached hydrogens (tertiary/aromatic N) is 2. The van der Waals surface area contributed by atoms with E-state index in [1.807, 2.05) is 6.20 Å². The molecule has 3 heteroatoms. The molecule has 0 amide bonds. The summed E-state index contributed by atoms with van der Waals surface area (Å²) < 4.78 is 5.31. The van der Waals surface area contributed by atoms with Crippen molar-refractivity contribution in [3.8, 4) is 5.88 Å². The molecule has 0 aliphatic rings. The van der Waals surface area contributed by atoms with Crippen LogP contribution < -0.4 is 4.74 Å². The van der Waals surface area contributed by atoms with Crippen molar-refractivity contribution in [1.82, 2.24) is 9.97 Å². The molecule has 0 bridgehead atoms. The third-order valence-corrected chi connectivity index (χ3v) is 2.74. The summed E-state index contributed by atoms with van der Waals surface area (Å²) in [4.78, 5) is 9.00. The highest BCUT2D eigenvalue weighted by Crippen LogP contribution is 2.22. The molecule has 0 aliphatic carbocycles. The molecule has 1 atom stereocenters. The van der Waals surface area contributed by atoms with Gasteiger partial charge in [-0.25, -0.2) is 4.98 Å². The van der Waals surface area contributed by atoms with Crippen LogP contribution >= 0.6 is 0 Å². The molecule has 0 N–H and O–H groups in total. The summed E-state index contributed by atoms with van der Waals surface area (Å²) in [5.74, 6) is 1.69. The third-order valence-electron chi connectivity index (χ3n) is 2.74. The van der Waals surface area contributed by atoms with Gasteiger partial charge in [-0.1, -0.05) is 27.7 Å². The van der Waals surface area contributed by atoms with Crippen molar-refractivity contribution >= 4 is 0 Å². The van der Waals surface area contributed by atoms with Crippen LogP contribution in [0.5, 0.6) is 5.88 Å². The first kappa shape index (κ1) is 12.9. The SMILES string of the molecule is CCC(C)c1cnc(CC(C)C)c(OC)n1. The Bertz CT molecular complexity index is 337. The van der Waals surface area contributed by atoms with Gasteiger partial charge in [-0.3, -0.25) is 4.98 Å². The second kappa shape index (κ2) is 5.83. The van der Waals surface area contributed by atoms with E-state index in [1.54, 1.807) is 7.11 Å². The lowest BCUT2D eigenvalue weighted by molar-refractivity contribution is 0.382. The van der Waals surface area contributed by atoms with E-state index in [2.05, 4.69) is 37.7 Å². The molecule has 1 aromatic heterocycles. The van der Waals surface area contributed by atoms with Crippen LogP contribution in [-0.2, 0) is 6.42 Å². The van der Waals surface area contributed by atoms with E-state index < -0.39 is 0 Å². The smallest absolute Gasteiger partial charge is 0.235 e. The predicted octanol–water partition coefficient (Wildman–Crippen LogP) is 3.20. The fourth-order valence-corrected chi connectivity index (χ4v) is 1.55. The van der Waals surface area contributed by atoms with E-state index in [-0.39, 0.29) is 0 Å². The minimum absolute atomic E-state index is 0.439. The molecule has 1 heterocycles. The number of methoxy groups -OCH3 is 1. The molecule has 1 unspecified atom stereocenters. The van der Waals surface area contributed by atoms with E-state index in [9.17, 15) is 0 Å². The second-order valence-corrected chi connectivity index (χ2v) is 4.66. The number of rotatable bonds is 5. The van der Waals surface area contributed by atoms with Crippen molar-refractivity contribution < 1.29 is 4.74 Å². The van der Waals surface area contributed by atoms with Crippen LogP contribution in [0.4, 0.5) is 0 Å². The Labute approximate surface area is 98.3 Å². The van der Waals surface area contributed by atoms with Crippen molar-refractivity contribution in [2.75, 3.05) is 7.11 Å². The molecule has 1 aromatic rings. The van der Waals surface area contributed by atoms with Gasteiger partial charge in [0.15, 0.2) is 0 Å². The van der Waals surface area contributed by atoms with Crippen LogP contribution in [0, 0.1) is 5.92 Å². The summed E-state index contributed by atoms with van der Waals surface area (Å²) >= 11 is 0. The minimum atomic E-state index is 0.439. The van der Waals surface area contributed by atoms with Crippen molar-refractivity contribution in [2.45, 2.75) is 46.5 Å². The van der Waals surface area contributed by atoms with E-state index in [0.717, 1.165) is 24.2 Å². The van der Waals surface area contributed by atoms with E-state index >= 15 is 0 Å². The Morgan fingerprint density at radius 2 is 2.00 bits per heavy atom. The monoisotopic (exact) mass is 222 g/mol. The van der Waals surface area contributed by atoms with E-state index in [4.69, 9.17) is 4.74 Å². The predicted molar refractivity (Wildman–Crippen MR) is 65.8 cm³/mol. The minimum Gasteiger partial charge on any atom is -0.480 e. The van der Waals surface area contributed by atoms with Gasteiger partial charge in [-0.05, 0) is 24.7 Å². The van der Waals surface area contributed by atoms with Crippen LogP contribution in [0.1, 0.15) is 51.4 Å². The lowest BCUT2D eigenvalue weighted by Gasteiger charge is -2.12. The molecule has 0 saturated carbocycles. The average Bonchev–Trinajstić information content (AvgIpc) is 2.27. The van der Waals surface area contributed by atoms with Gasteiger partial charge < -0.3 is 4.74 Å². The van der Waals surface area contributed by atoms with Crippen LogP contribution in [0.2, 0.25) is 0 Å². The van der Waals surface area contributed by atoms with Crippen molar-refractivity contribution in [3.63, 3.8) is 0 Å². The molecule has 0 radical (unpaired) electrons. The average molecular weight is 222 g/mol. The molecule has 0 saturated heterocycles. The van der Waals surface area contributed by atoms with Crippen molar-refractivity contribution in [3.05, 3.63) is 17.6 Å². The normalized spacial score (nSPS) is 12.9. The third kappa shape index (κ3) is 3.19. The first-order valence-corrected chi connectivity index (χ1v) is 5.98. The molecular weight excluding hydrogens is 200 g/mol. The number of hydrogen-bond donors (Lipinski definition) is 0.